The van der Waals surface area contributed by atoms with E-state index in [0.717, 1.165) is 11.3 Å². The van der Waals surface area contributed by atoms with Crippen LogP contribution in [0.15, 0.2) is 66.9 Å². The molecule has 3 amide bonds. The number of methoxy groups -OCH3 is 2. The van der Waals surface area contributed by atoms with E-state index < -0.39 is 63.6 Å². The number of Topliss-reactive ketones (excluding diaryl/α,β-unsaturated/α-hetero) is 1. The molecule has 15 heteroatoms. The Morgan fingerprint density at radius 3 is 1.94 bits per heavy atom. The molecule has 3 aromatic rings. The number of amides is 3. The third kappa shape index (κ3) is 11.9. The van der Waals surface area contributed by atoms with Crippen LogP contribution in [-0.4, -0.2) is 101 Å². The predicted octanol–water partition coefficient (Wildman–Crippen LogP) is 1.22. The first kappa shape index (κ1) is 38.5. The van der Waals surface area contributed by atoms with Gasteiger partial charge >= 0.3 is 0 Å². The molecule has 2 aromatic carbocycles. The van der Waals surface area contributed by atoms with Crippen LogP contribution >= 0.6 is 11.3 Å². The van der Waals surface area contributed by atoms with Crippen molar-refractivity contribution in [2.45, 2.75) is 49.7 Å². The Morgan fingerprint density at radius 1 is 0.896 bits per heavy atom. The fourth-order valence-corrected chi connectivity index (χ4v) is 6.45. The Kier molecular flexibility index (Phi) is 14.4. The largest absolute Gasteiger partial charge is 0.382 e. The molecule has 48 heavy (non-hydrogen) atoms. The number of thiazole rings is 1. The molecule has 0 saturated carbocycles. The van der Waals surface area contributed by atoms with E-state index in [1.54, 1.807) is 61.5 Å². The first-order valence-corrected chi connectivity index (χ1v) is 17.5. The molecule has 1 heterocycles. The van der Waals surface area contributed by atoms with Gasteiger partial charge in [0.1, 0.15) is 22.6 Å². The number of aromatic nitrogens is 1. The zero-order chi connectivity index (χ0) is 35.3. The van der Waals surface area contributed by atoms with Crippen molar-refractivity contribution < 1.29 is 42.2 Å². The average molecular weight is 703 g/mol. The van der Waals surface area contributed by atoms with Gasteiger partial charge < -0.3 is 30.5 Å². The Morgan fingerprint density at radius 2 is 1.42 bits per heavy atom. The number of rotatable bonds is 19. The van der Waals surface area contributed by atoms with Crippen LogP contribution in [0.3, 0.4) is 0 Å². The molecule has 0 saturated heterocycles. The predicted molar refractivity (Wildman–Crippen MR) is 183 cm³/mol. The van der Waals surface area contributed by atoms with Crippen molar-refractivity contribution in [1.29, 1.82) is 0 Å². The summed E-state index contributed by atoms with van der Waals surface area (Å²) in [7, 11) is -0.507. The van der Waals surface area contributed by atoms with Crippen molar-refractivity contribution in [1.82, 2.24) is 20.9 Å². The number of nitrogens with one attached hydrogen (secondary N) is 3. The van der Waals surface area contributed by atoms with Crippen LogP contribution in [0.25, 0.3) is 0 Å². The maximum Gasteiger partial charge on any atom is 0.263 e. The summed E-state index contributed by atoms with van der Waals surface area (Å²) in [6.45, 7) is 1.80. The second-order valence-electron chi connectivity index (χ2n) is 11.3. The lowest BCUT2D eigenvalue weighted by Crippen LogP contribution is -2.60. The second kappa shape index (κ2) is 18.0. The van der Waals surface area contributed by atoms with E-state index in [0.29, 0.717) is 21.0 Å². The summed E-state index contributed by atoms with van der Waals surface area (Å²) in [5.74, 6) is 0.724. The molecule has 5 unspecified atom stereocenters. The van der Waals surface area contributed by atoms with Crippen LogP contribution in [0.2, 0.25) is 0 Å². The maximum atomic E-state index is 13.8. The van der Waals surface area contributed by atoms with Gasteiger partial charge in [0.2, 0.25) is 11.8 Å². The number of aryl methyl sites for hydroxylation is 1. The monoisotopic (exact) mass is 702 g/mol. The number of ketones is 1. The number of aliphatic hydroxyl groups is 1. The number of hydrogen-bond acceptors (Lipinski definition) is 11. The highest BCUT2D eigenvalue weighted by molar-refractivity contribution is 7.95. The van der Waals surface area contributed by atoms with Gasteiger partial charge in [-0.1, -0.05) is 60.7 Å². The Labute approximate surface area is 284 Å². The van der Waals surface area contributed by atoms with Crippen LogP contribution in [0, 0.1) is 6.92 Å². The van der Waals surface area contributed by atoms with Gasteiger partial charge in [-0.25, -0.2) is 9.19 Å². The van der Waals surface area contributed by atoms with Crippen LogP contribution < -0.4 is 16.0 Å². The number of carbonyl (C=O) groups is 4. The minimum absolute atomic E-state index is 0.0183. The third-order valence-electron chi connectivity index (χ3n) is 7.00. The zero-order valence-corrected chi connectivity index (χ0v) is 28.9. The van der Waals surface area contributed by atoms with Crippen molar-refractivity contribution in [2.75, 3.05) is 34.0 Å². The summed E-state index contributed by atoms with van der Waals surface area (Å²) in [5.41, 5.74) is -0.812. The molecule has 0 aliphatic rings. The maximum absolute atomic E-state index is 13.8. The highest BCUT2D eigenvalue weighted by atomic mass is 32.2. The molecular weight excluding hydrogens is 661 g/mol. The minimum Gasteiger partial charge on any atom is -0.382 e. The van der Waals surface area contributed by atoms with Gasteiger partial charge in [0, 0.05) is 14.2 Å². The van der Waals surface area contributed by atoms with E-state index in [2.05, 4.69) is 26.8 Å². The molecular formula is C33H42N4O9S2. The summed E-state index contributed by atoms with van der Waals surface area (Å²) in [6.07, 6.45) is 1.37. The molecule has 0 fully saturated rings. The van der Waals surface area contributed by atoms with E-state index in [-0.39, 0.29) is 25.4 Å². The van der Waals surface area contributed by atoms with Gasteiger partial charge in [0.05, 0.1) is 52.6 Å². The molecule has 3 rings (SSSR count). The van der Waals surface area contributed by atoms with Gasteiger partial charge in [0.15, 0.2) is 5.78 Å². The average Bonchev–Trinajstić information content (AvgIpc) is 3.50. The van der Waals surface area contributed by atoms with Crippen molar-refractivity contribution in [3.8, 4) is 0 Å². The SMILES string of the molecule is C=S(=O)(Cc1ccccc1)OCC(C)(O)C(=O)C(Cc1ccccc1)NC(=O)C(COC)NC(=O)C(COC)NC(=O)c1cnc(C)s1. The summed E-state index contributed by atoms with van der Waals surface area (Å²) in [4.78, 5) is 57.7. The molecule has 0 radical (unpaired) electrons. The van der Waals surface area contributed by atoms with Gasteiger partial charge in [-0.15, -0.1) is 11.3 Å². The topological polar surface area (TPSA) is 182 Å². The number of carbonyl (C=O) groups excluding carboxylic acids is 4. The Bertz CT molecular complexity index is 1630. The molecule has 260 valence electrons. The lowest BCUT2D eigenvalue weighted by atomic mass is 9.91. The number of ether oxygens (including phenoxy) is 2. The second-order valence-corrected chi connectivity index (χ2v) is 14.5. The summed E-state index contributed by atoms with van der Waals surface area (Å²) < 4.78 is 28.8. The Hall–Kier alpha value is -3.99. The molecule has 1 aromatic heterocycles. The highest BCUT2D eigenvalue weighted by Gasteiger charge is 2.39. The minimum atomic E-state index is -3.19. The van der Waals surface area contributed by atoms with Gasteiger partial charge in [-0.2, -0.15) is 0 Å². The first-order chi connectivity index (χ1) is 22.7. The molecule has 0 aliphatic carbocycles. The quantitative estimate of drug-likeness (QED) is 0.133. The van der Waals surface area contributed by atoms with Gasteiger partial charge in [-0.3, -0.25) is 23.4 Å². The molecule has 0 aliphatic heterocycles. The van der Waals surface area contributed by atoms with E-state index in [1.807, 2.05) is 6.07 Å². The number of nitrogens with zero attached hydrogens (tertiary/aromatic N) is 1. The lowest BCUT2D eigenvalue weighted by molar-refractivity contribution is -0.143. The molecule has 0 bridgehead atoms. The smallest absolute Gasteiger partial charge is 0.263 e. The molecule has 4 N–H and O–H groups in total. The molecule has 0 spiro atoms. The third-order valence-corrected chi connectivity index (χ3v) is 9.23. The zero-order valence-electron chi connectivity index (χ0n) is 27.3. The lowest BCUT2D eigenvalue weighted by Gasteiger charge is -2.29. The summed E-state index contributed by atoms with van der Waals surface area (Å²) in [5, 5.41) is 19.7. The fourth-order valence-electron chi connectivity index (χ4n) is 4.54. The molecule has 5 atom stereocenters. The number of benzene rings is 2. The van der Waals surface area contributed by atoms with Crippen molar-refractivity contribution in [3.05, 3.63) is 87.9 Å². The standard InChI is InChI=1S/C33H42N4O9S2/c1-22-34-17-28(47-22)32(41)37-27(19-45-4)31(40)36-26(18-44-3)30(39)35-25(16-23-12-8-6-9-13-23)29(38)33(2,42)21-46-48(5,43)20-24-14-10-7-11-15-24/h6-15,17,25-27,42H,5,16,18-21H2,1-4H3,(H,35,39)(H,36,40)(H,37,41). The van der Waals surface area contributed by atoms with Crippen LogP contribution in [0.1, 0.15) is 32.7 Å². The normalized spacial score (nSPS) is 15.6. The van der Waals surface area contributed by atoms with Crippen LogP contribution in [0.5, 0.6) is 0 Å². The summed E-state index contributed by atoms with van der Waals surface area (Å²) in [6, 6.07) is 13.9. The van der Waals surface area contributed by atoms with Crippen molar-refractivity contribution in [3.63, 3.8) is 0 Å². The number of hydrogen-bond donors (Lipinski definition) is 4. The van der Waals surface area contributed by atoms with E-state index >= 15 is 0 Å². The molecule has 13 nitrogen and oxygen atoms in total. The van der Waals surface area contributed by atoms with Gasteiger partial charge in [0.25, 0.3) is 5.91 Å². The fraction of sp³-hybridized carbons (Fsp3) is 0.394. The van der Waals surface area contributed by atoms with E-state index in [1.165, 1.54) is 27.3 Å². The highest BCUT2D eigenvalue weighted by Crippen LogP contribution is 2.17. The summed E-state index contributed by atoms with van der Waals surface area (Å²) >= 11 is 1.15. The van der Waals surface area contributed by atoms with Crippen molar-refractivity contribution in [2.24, 2.45) is 0 Å². The van der Waals surface area contributed by atoms with Crippen LogP contribution in [0.4, 0.5) is 0 Å². The first-order valence-electron chi connectivity index (χ1n) is 14.9. The van der Waals surface area contributed by atoms with E-state index in [9.17, 15) is 28.5 Å². The van der Waals surface area contributed by atoms with Crippen LogP contribution in [-0.2, 0) is 50.0 Å². The van der Waals surface area contributed by atoms with Crippen molar-refractivity contribution >= 4 is 50.5 Å². The van der Waals surface area contributed by atoms with E-state index in [4.69, 9.17) is 13.7 Å². The Balaban J connectivity index is 1.76. The van der Waals surface area contributed by atoms with Gasteiger partial charge in [-0.05, 0) is 37.3 Å².